The number of rotatable bonds is 9. The van der Waals surface area contributed by atoms with E-state index in [-0.39, 0.29) is 5.43 Å². The highest BCUT2D eigenvalue weighted by atomic mass is 32.3. The zero-order chi connectivity index (χ0) is 27.7. The molecule has 0 radical (unpaired) electrons. The summed E-state index contributed by atoms with van der Waals surface area (Å²) >= 11 is 0. The molecule has 0 aliphatic heterocycles. The van der Waals surface area contributed by atoms with Crippen LogP contribution >= 0.6 is 0 Å². The van der Waals surface area contributed by atoms with E-state index in [4.69, 9.17) is 11.2 Å². The van der Waals surface area contributed by atoms with Crippen molar-refractivity contribution in [3.63, 3.8) is 0 Å². The topological polar surface area (TPSA) is 94.1 Å². The molecule has 200 valence electrons. The molecule has 3 aromatic heterocycles. The van der Waals surface area contributed by atoms with Gasteiger partial charge < -0.3 is 14.3 Å². The van der Waals surface area contributed by atoms with Gasteiger partial charge in [-0.15, -0.1) is 10.3 Å². The Bertz CT molecular complexity index is 1930. The molecule has 9 heteroatoms. The van der Waals surface area contributed by atoms with Crippen LogP contribution in [0, 0.1) is 12.3 Å². The number of unbranched alkanes of at least 4 members (excludes halogenated alkanes) is 2. The molecule has 0 spiro atoms. The number of ether oxygens (including phenoxy) is 1. The van der Waals surface area contributed by atoms with Crippen molar-refractivity contribution in [1.82, 2.24) is 14.5 Å². The third-order valence-electron chi connectivity index (χ3n) is 6.87. The largest absolute Gasteiger partial charge is 0.493 e. The maximum absolute atomic E-state index is 14.0. The number of pyridine rings is 2. The predicted octanol–water partition coefficient (Wildman–Crippen LogP) is 6.32. The van der Waals surface area contributed by atoms with Gasteiger partial charge in [0.05, 0.1) is 22.9 Å². The van der Waals surface area contributed by atoms with E-state index in [0.717, 1.165) is 42.8 Å². The van der Waals surface area contributed by atoms with Crippen LogP contribution < -0.4 is 10.2 Å². The SMILES string of the molecule is C#Cc1ccc2c(c1)[nH]c1c2c(=O)c2cc(OCCCC)c(-c3cncc(S(=O)(=O)F)c3)cc2n1CCCC. The molecule has 39 heavy (non-hydrogen) atoms. The van der Waals surface area contributed by atoms with Gasteiger partial charge in [-0.2, -0.15) is 8.42 Å². The Labute approximate surface area is 225 Å². The molecule has 0 bridgehead atoms. The summed E-state index contributed by atoms with van der Waals surface area (Å²) in [5.74, 6) is 3.04. The first-order chi connectivity index (χ1) is 18.8. The number of nitrogens with zero attached hydrogens (tertiary/aromatic N) is 2. The average Bonchev–Trinajstić information content (AvgIpc) is 3.31. The Hall–Kier alpha value is -4.16. The number of hydrogen-bond acceptors (Lipinski definition) is 5. The Morgan fingerprint density at radius 1 is 1.08 bits per heavy atom. The molecule has 1 N–H and O–H groups in total. The second-order valence-corrected chi connectivity index (χ2v) is 10.8. The van der Waals surface area contributed by atoms with Crippen molar-refractivity contribution >= 4 is 43.1 Å². The average molecular weight is 546 g/mol. The highest BCUT2D eigenvalue weighted by molar-refractivity contribution is 7.86. The molecule has 5 aromatic rings. The first kappa shape index (κ1) is 26.4. The number of benzene rings is 2. The summed E-state index contributed by atoms with van der Waals surface area (Å²) in [5.41, 5.74) is 3.53. The van der Waals surface area contributed by atoms with E-state index in [9.17, 15) is 17.1 Å². The number of fused-ring (bicyclic) bond motifs is 4. The van der Waals surface area contributed by atoms with Crippen LogP contribution in [0.4, 0.5) is 3.89 Å². The second-order valence-electron chi connectivity index (χ2n) is 9.50. The third-order valence-corrected chi connectivity index (χ3v) is 7.66. The van der Waals surface area contributed by atoms with E-state index in [1.807, 2.05) is 25.1 Å². The van der Waals surface area contributed by atoms with Crippen LogP contribution in [0.2, 0.25) is 0 Å². The molecule has 2 aromatic carbocycles. The molecule has 5 rings (SSSR count). The molecule has 0 atom stereocenters. The molecular weight excluding hydrogens is 517 g/mol. The van der Waals surface area contributed by atoms with Crippen LogP contribution in [0.3, 0.4) is 0 Å². The fourth-order valence-corrected chi connectivity index (χ4v) is 5.31. The maximum atomic E-state index is 14.0. The highest BCUT2D eigenvalue weighted by Gasteiger charge is 2.21. The van der Waals surface area contributed by atoms with Gasteiger partial charge in [0.2, 0.25) is 0 Å². The number of terminal acetylenes is 1. The molecule has 0 aliphatic rings. The summed E-state index contributed by atoms with van der Waals surface area (Å²) < 4.78 is 45.2. The minimum Gasteiger partial charge on any atom is -0.493 e. The van der Waals surface area contributed by atoms with Gasteiger partial charge >= 0.3 is 10.2 Å². The van der Waals surface area contributed by atoms with Crippen molar-refractivity contribution in [1.29, 1.82) is 0 Å². The third kappa shape index (κ3) is 4.88. The zero-order valence-corrected chi connectivity index (χ0v) is 22.6. The first-order valence-corrected chi connectivity index (χ1v) is 14.3. The van der Waals surface area contributed by atoms with Gasteiger partial charge in [0.1, 0.15) is 16.3 Å². The number of aromatic nitrogens is 3. The van der Waals surface area contributed by atoms with Gasteiger partial charge in [0.25, 0.3) is 0 Å². The van der Waals surface area contributed by atoms with E-state index >= 15 is 0 Å². The van der Waals surface area contributed by atoms with E-state index in [1.54, 1.807) is 12.1 Å². The number of aromatic amines is 1. The Morgan fingerprint density at radius 3 is 2.59 bits per heavy atom. The lowest BCUT2D eigenvalue weighted by Crippen LogP contribution is -2.12. The number of hydrogen-bond donors (Lipinski definition) is 1. The molecule has 0 unspecified atom stereocenters. The smallest absolute Gasteiger partial charge is 0.333 e. The maximum Gasteiger partial charge on any atom is 0.333 e. The van der Waals surface area contributed by atoms with Gasteiger partial charge in [0, 0.05) is 46.5 Å². The minimum absolute atomic E-state index is 0.155. The number of H-pyrrole nitrogens is 1. The van der Waals surface area contributed by atoms with Crippen LogP contribution in [0.1, 0.15) is 45.1 Å². The van der Waals surface area contributed by atoms with Crippen molar-refractivity contribution in [2.75, 3.05) is 6.61 Å². The number of halogens is 1. The van der Waals surface area contributed by atoms with Crippen molar-refractivity contribution in [2.45, 2.75) is 51.0 Å². The van der Waals surface area contributed by atoms with Gasteiger partial charge in [-0.3, -0.25) is 9.78 Å². The van der Waals surface area contributed by atoms with Gasteiger partial charge in [-0.05, 0) is 43.2 Å². The van der Waals surface area contributed by atoms with Crippen molar-refractivity contribution < 1.29 is 17.0 Å². The fraction of sp³-hybridized carbons (Fsp3) is 0.267. The number of aryl methyl sites for hydroxylation is 1. The summed E-state index contributed by atoms with van der Waals surface area (Å²) in [4.78, 5) is 20.8. The Morgan fingerprint density at radius 2 is 1.87 bits per heavy atom. The van der Waals surface area contributed by atoms with E-state index in [2.05, 4.69) is 27.4 Å². The lowest BCUT2D eigenvalue weighted by atomic mass is 10.0. The summed E-state index contributed by atoms with van der Waals surface area (Å²) in [7, 11) is -4.96. The quantitative estimate of drug-likeness (QED) is 0.133. The van der Waals surface area contributed by atoms with Crippen LogP contribution in [-0.2, 0) is 16.8 Å². The summed E-state index contributed by atoms with van der Waals surface area (Å²) in [6, 6.07) is 10.3. The van der Waals surface area contributed by atoms with E-state index in [0.29, 0.717) is 57.5 Å². The van der Waals surface area contributed by atoms with Crippen molar-refractivity contribution in [3.05, 3.63) is 64.6 Å². The Balaban J connectivity index is 1.87. The van der Waals surface area contributed by atoms with Crippen LogP contribution in [0.5, 0.6) is 5.75 Å². The molecule has 0 fully saturated rings. The summed E-state index contributed by atoms with van der Waals surface area (Å²) in [5, 5.41) is 1.82. The van der Waals surface area contributed by atoms with E-state index < -0.39 is 15.1 Å². The van der Waals surface area contributed by atoms with Gasteiger partial charge in [0.15, 0.2) is 5.43 Å². The lowest BCUT2D eigenvalue weighted by molar-refractivity contribution is 0.311. The summed E-state index contributed by atoms with van der Waals surface area (Å²) in [6.45, 7) is 5.16. The molecule has 0 aliphatic carbocycles. The fourth-order valence-electron chi connectivity index (χ4n) is 4.85. The molecule has 0 saturated carbocycles. The normalized spacial score (nSPS) is 11.8. The van der Waals surface area contributed by atoms with Crippen molar-refractivity contribution in [3.8, 4) is 29.2 Å². The van der Waals surface area contributed by atoms with Crippen molar-refractivity contribution in [2.24, 2.45) is 0 Å². The van der Waals surface area contributed by atoms with E-state index in [1.165, 1.54) is 12.3 Å². The first-order valence-electron chi connectivity index (χ1n) is 12.9. The second kappa shape index (κ2) is 10.5. The monoisotopic (exact) mass is 545 g/mol. The molecule has 3 heterocycles. The van der Waals surface area contributed by atoms with Crippen LogP contribution in [0.15, 0.2) is 58.5 Å². The van der Waals surface area contributed by atoms with Gasteiger partial charge in [-0.1, -0.05) is 38.7 Å². The van der Waals surface area contributed by atoms with Gasteiger partial charge in [-0.25, -0.2) is 0 Å². The van der Waals surface area contributed by atoms with Crippen LogP contribution in [0.25, 0.3) is 44.0 Å². The lowest BCUT2D eigenvalue weighted by Gasteiger charge is -2.17. The highest BCUT2D eigenvalue weighted by Crippen LogP contribution is 2.36. The zero-order valence-electron chi connectivity index (χ0n) is 21.8. The molecule has 0 saturated heterocycles. The molecule has 0 amide bonds. The minimum atomic E-state index is -4.96. The standard InChI is InChI=1S/C30H28FN3O4S/c1-4-7-11-34-26-15-23(20-14-21(18-32-17-20)39(31,36)37)27(38-12-8-5-2)16-24(26)29(35)28-22-10-9-19(6-3)13-25(22)33-30(28)34/h3,9-10,13-18,33H,4-5,7-8,11-12H2,1-2H3. The van der Waals surface area contributed by atoms with Crippen LogP contribution in [-0.4, -0.2) is 29.6 Å². The summed E-state index contributed by atoms with van der Waals surface area (Å²) in [6.07, 6.45) is 11.5. The number of nitrogens with one attached hydrogen (secondary N) is 1. The Kier molecular flexibility index (Phi) is 7.15. The predicted molar refractivity (Wildman–Crippen MR) is 152 cm³/mol. The molecular formula is C30H28FN3O4S. The molecule has 7 nitrogen and oxygen atoms in total.